The number of aromatic nitrogens is 3. The first-order chi connectivity index (χ1) is 10.2. The van der Waals surface area contributed by atoms with E-state index in [-0.39, 0.29) is 5.91 Å². The highest BCUT2D eigenvalue weighted by Crippen LogP contribution is 2.12. The molecule has 0 bridgehead atoms. The lowest BCUT2D eigenvalue weighted by Crippen LogP contribution is -2.47. The van der Waals surface area contributed by atoms with E-state index in [1.807, 2.05) is 27.8 Å². The molecule has 0 unspecified atom stereocenters. The van der Waals surface area contributed by atoms with Crippen molar-refractivity contribution in [2.24, 2.45) is 0 Å². The number of nitrogens with zero attached hydrogens (tertiary/aromatic N) is 5. The van der Waals surface area contributed by atoms with Crippen LogP contribution in [0.25, 0.3) is 5.95 Å². The lowest BCUT2D eigenvalue weighted by Gasteiger charge is -2.34. The molecular formula is C15H19N5O. The molecule has 21 heavy (non-hydrogen) atoms. The fraction of sp³-hybridized carbons (Fsp3) is 0.400. The van der Waals surface area contributed by atoms with Crippen LogP contribution in [0.15, 0.2) is 36.8 Å². The van der Waals surface area contributed by atoms with Crippen LogP contribution in [0.3, 0.4) is 0 Å². The van der Waals surface area contributed by atoms with Gasteiger partial charge in [-0.1, -0.05) is 0 Å². The van der Waals surface area contributed by atoms with Gasteiger partial charge in [0.2, 0.25) is 11.9 Å². The number of hydrogen-bond acceptors (Lipinski definition) is 4. The molecule has 0 aliphatic carbocycles. The summed E-state index contributed by atoms with van der Waals surface area (Å²) in [6, 6.07) is 5.92. The standard InChI is InChI=1S/C15H19N5O/c1-13(21)19-10-8-18(9-11-19)12-14-4-2-7-20(14)15-16-5-3-6-17-15/h2-7H,8-12H2,1H3. The SMILES string of the molecule is CC(=O)N1CCN(Cc2cccn2-c2ncccn2)CC1. The molecule has 6 nitrogen and oxygen atoms in total. The van der Waals surface area contributed by atoms with Crippen molar-refractivity contribution in [2.45, 2.75) is 13.5 Å². The van der Waals surface area contributed by atoms with Gasteiger partial charge in [-0.05, 0) is 18.2 Å². The van der Waals surface area contributed by atoms with E-state index in [4.69, 9.17) is 0 Å². The normalized spacial score (nSPS) is 16.1. The molecule has 0 spiro atoms. The molecule has 1 amide bonds. The zero-order valence-corrected chi connectivity index (χ0v) is 12.1. The minimum atomic E-state index is 0.163. The zero-order valence-electron chi connectivity index (χ0n) is 12.1. The molecule has 2 aromatic rings. The summed E-state index contributed by atoms with van der Waals surface area (Å²) in [6.45, 7) is 5.89. The molecule has 1 aliphatic rings. The molecule has 1 aliphatic heterocycles. The summed E-state index contributed by atoms with van der Waals surface area (Å²) in [4.78, 5) is 24.2. The number of rotatable bonds is 3. The molecule has 110 valence electrons. The Bertz CT molecular complexity index is 602. The summed E-state index contributed by atoms with van der Waals surface area (Å²) in [5.74, 6) is 0.857. The Morgan fingerprint density at radius 2 is 1.86 bits per heavy atom. The van der Waals surface area contributed by atoms with Crippen LogP contribution in [-0.4, -0.2) is 56.4 Å². The third kappa shape index (κ3) is 3.11. The fourth-order valence-corrected chi connectivity index (χ4v) is 2.61. The molecule has 0 radical (unpaired) electrons. The van der Waals surface area contributed by atoms with Gasteiger partial charge in [0.05, 0.1) is 0 Å². The van der Waals surface area contributed by atoms with Crippen LogP contribution in [0, 0.1) is 0 Å². The maximum atomic E-state index is 11.3. The molecule has 3 heterocycles. The lowest BCUT2D eigenvalue weighted by atomic mass is 10.3. The van der Waals surface area contributed by atoms with Crippen molar-refractivity contribution in [3.05, 3.63) is 42.5 Å². The van der Waals surface area contributed by atoms with Gasteiger partial charge in [0.25, 0.3) is 0 Å². The van der Waals surface area contributed by atoms with Crippen molar-refractivity contribution >= 4 is 5.91 Å². The van der Waals surface area contributed by atoms with Crippen molar-refractivity contribution in [3.8, 4) is 5.95 Å². The molecule has 1 fully saturated rings. The van der Waals surface area contributed by atoms with E-state index in [0.29, 0.717) is 5.95 Å². The summed E-state index contributed by atoms with van der Waals surface area (Å²) in [5, 5.41) is 0. The minimum Gasteiger partial charge on any atom is -0.340 e. The molecule has 0 aromatic carbocycles. The topological polar surface area (TPSA) is 54.3 Å². The summed E-state index contributed by atoms with van der Waals surface area (Å²) in [5.41, 5.74) is 1.16. The van der Waals surface area contributed by atoms with Gasteiger partial charge in [-0.3, -0.25) is 14.3 Å². The quantitative estimate of drug-likeness (QED) is 0.842. The van der Waals surface area contributed by atoms with E-state index in [1.165, 1.54) is 0 Å². The first-order valence-corrected chi connectivity index (χ1v) is 7.15. The van der Waals surface area contributed by atoms with Gasteiger partial charge in [0.15, 0.2) is 0 Å². The Hall–Kier alpha value is -2.21. The summed E-state index contributed by atoms with van der Waals surface area (Å²) >= 11 is 0. The highest BCUT2D eigenvalue weighted by atomic mass is 16.2. The van der Waals surface area contributed by atoms with Crippen LogP contribution in [0.2, 0.25) is 0 Å². The van der Waals surface area contributed by atoms with Crippen molar-refractivity contribution in [1.29, 1.82) is 0 Å². The average Bonchev–Trinajstić information content (AvgIpc) is 2.97. The predicted molar refractivity (Wildman–Crippen MR) is 78.9 cm³/mol. The van der Waals surface area contributed by atoms with E-state index in [1.54, 1.807) is 19.3 Å². The van der Waals surface area contributed by atoms with Crippen molar-refractivity contribution in [1.82, 2.24) is 24.3 Å². The van der Waals surface area contributed by atoms with Gasteiger partial charge in [-0.2, -0.15) is 0 Å². The Balaban J connectivity index is 1.67. The van der Waals surface area contributed by atoms with E-state index in [0.717, 1.165) is 38.4 Å². The second kappa shape index (κ2) is 6.05. The average molecular weight is 285 g/mol. The zero-order chi connectivity index (χ0) is 14.7. The van der Waals surface area contributed by atoms with Crippen LogP contribution in [-0.2, 0) is 11.3 Å². The summed E-state index contributed by atoms with van der Waals surface area (Å²) < 4.78 is 2.01. The Kier molecular flexibility index (Phi) is 3.96. The third-order valence-corrected chi connectivity index (χ3v) is 3.80. The predicted octanol–water partition coefficient (Wildman–Crippen LogP) is 0.931. The van der Waals surface area contributed by atoms with Gasteiger partial charge < -0.3 is 4.90 Å². The van der Waals surface area contributed by atoms with Gasteiger partial charge in [-0.15, -0.1) is 0 Å². The summed E-state index contributed by atoms with van der Waals surface area (Å²) in [6.07, 6.45) is 5.48. The molecule has 0 atom stereocenters. The molecule has 1 saturated heterocycles. The van der Waals surface area contributed by atoms with E-state index >= 15 is 0 Å². The molecule has 3 rings (SSSR count). The molecule has 0 N–H and O–H groups in total. The van der Waals surface area contributed by atoms with Gasteiger partial charge >= 0.3 is 0 Å². The largest absolute Gasteiger partial charge is 0.340 e. The van der Waals surface area contributed by atoms with Crippen LogP contribution in [0.5, 0.6) is 0 Å². The Morgan fingerprint density at radius 3 is 2.52 bits per heavy atom. The number of carbonyl (C=O) groups excluding carboxylic acids is 1. The highest BCUT2D eigenvalue weighted by Gasteiger charge is 2.19. The lowest BCUT2D eigenvalue weighted by molar-refractivity contribution is -0.130. The van der Waals surface area contributed by atoms with Crippen molar-refractivity contribution < 1.29 is 4.79 Å². The molecule has 0 saturated carbocycles. The smallest absolute Gasteiger partial charge is 0.233 e. The van der Waals surface area contributed by atoms with Crippen LogP contribution < -0.4 is 0 Å². The molecule has 6 heteroatoms. The van der Waals surface area contributed by atoms with Crippen molar-refractivity contribution in [3.63, 3.8) is 0 Å². The van der Waals surface area contributed by atoms with E-state index in [9.17, 15) is 4.79 Å². The number of hydrogen-bond donors (Lipinski definition) is 0. The highest BCUT2D eigenvalue weighted by molar-refractivity contribution is 5.73. The van der Waals surface area contributed by atoms with Crippen LogP contribution >= 0.6 is 0 Å². The van der Waals surface area contributed by atoms with E-state index < -0.39 is 0 Å². The van der Waals surface area contributed by atoms with Gasteiger partial charge in [0.1, 0.15) is 0 Å². The maximum Gasteiger partial charge on any atom is 0.233 e. The van der Waals surface area contributed by atoms with Gasteiger partial charge in [0, 0.05) is 63.9 Å². The minimum absolute atomic E-state index is 0.163. The van der Waals surface area contributed by atoms with Crippen LogP contribution in [0.4, 0.5) is 0 Å². The second-order valence-corrected chi connectivity index (χ2v) is 5.20. The second-order valence-electron chi connectivity index (χ2n) is 5.20. The Morgan fingerprint density at radius 1 is 1.14 bits per heavy atom. The first-order valence-electron chi connectivity index (χ1n) is 7.15. The summed E-state index contributed by atoms with van der Waals surface area (Å²) in [7, 11) is 0. The first kappa shape index (κ1) is 13.8. The monoisotopic (exact) mass is 285 g/mol. The Labute approximate surface area is 124 Å². The van der Waals surface area contributed by atoms with Gasteiger partial charge in [-0.25, -0.2) is 9.97 Å². The number of piperazine rings is 1. The van der Waals surface area contributed by atoms with E-state index in [2.05, 4.69) is 20.9 Å². The number of amides is 1. The number of carbonyl (C=O) groups is 1. The molecule has 2 aromatic heterocycles. The van der Waals surface area contributed by atoms with Crippen LogP contribution in [0.1, 0.15) is 12.6 Å². The molecular weight excluding hydrogens is 266 g/mol. The third-order valence-electron chi connectivity index (χ3n) is 3.80. The fourth-order valence-electron chi connectivity index (χ4n) is 2.61. The van der Waals surface area contributed by atoms with Crippen molar-refractivity contribution in [2.75, 3.05) is 26.2 Å². The maximum absolute atomic E-state index is 11.3.